The predicted octanol–water partition coefficient (Wildman–Crippen LogP) is 0.980. The van der Waals surface area contributed by atoms with Crippen molar-refractivity contribution in [1.29, 1.82) is 5.26 Å². The lowest BCUT2D eigenvalue weighted by molar-refractivity contribution is 0.941. The van der Waals surface area contributed by atoms with Gasteiger partial charge in [0, 0.05) is 0 Å². The number of thioether (sulfide) groups is 1. The quantitative estimate of drug-likeness (QED) is 0.598. The Hall–Kier alpha value is -0.200. The molecule has 0 spiro atoms. The van der Waals surface area contributed by atoms with Crippen LogP contribution in [0.25, 0.3) is 0 Å². The van der Waals surface area contributed by atoms with Gasteiger partial charge in [-0.1, -0.05) is 0 Å². The Morgan fingerprint density at radius 3 is 2.89 bits per heavy atom. The number of nitrogens with two attached hydrogens (primary N) is 1. The Balaban J connectivity index is 2.99. The molecule has 0 aliphatic carbocycles. The van der Waals surface area contributed by atoms with Crippen molar-refractivity contribution < 1.29 is 0 Å². The fraction of sp³-hybridized carbons (Fsp3) is 0.833. The largest absolute Gasteiger partial charge is 0.330 e. The van der Waals surface area contributed by atoms with Crippen molar-refractivity contribution in [3.63, 3.8) is 0 Å². The fourth-order valence-electron chi connectivity index (χ4n) is 0.381. The maximum atomic E-state index is 8.33. The first kappa shape index (κ1) is 8.80. The molecule has 0 aromatic carbocycles. The highest BCUT2D eigenvalue weighted by atomic mass is 32.2. The van der Waals surface area contributed by atoms with Crippen LogP contribution in [0.15, 0.2) is 0 Å². The van der Waals surface area contributed by atoms with Gasteiger partial charge in [-0.05, 0) is 25.6 Å². The highest BCUT2D eigenvalue weighted by Gasteiger charge is 1.96. The molecule has 1 atom stereocenters. The van der Waals surface area contributed by atoms with Gasteiger partial charge in [0.25, 0.3) is 0 Å². The number of hydrogen-bond donors (Lipinski definition) is 1. The molecule has 0 amide bonds. The molecular weight excluding hydrogens is 132 g/mol. The molecule has 0 heterocycles. The summed E-state index contributed by atoms with van der Waals surface area (Å²) in [5, 5.41) is 8.45. The van der Waals surface area contributed by atoms with Gasteiger partial charge in [-0.15, -0.1) is 11.8 Å². The topological polar surface area (TPSA) is 49.8 Å². The van der Waals surface area contributed by atoms with Gasteiger partial charge in [0.1, 0.15) is 0 Å². The lowest BCUT2D eigenvalue weighted by Gasteiger charge is -1.98. The Bertz CT molecular complexity index is 97.7. The van der Waals surface area contributed by atoms with Crippen molar-refractivity contribution in [3.8, 4) is 6.07 Å². The number of hydrogen-bond acceptors (Lipinski definition) is 3. The van der Waals surface area contributed by atoms with E-state index in [4.69, 9.17) is 11.0 Å². The van der Waals surface area contributed by atoms with E-state index in [1.165, 1.54) is 0 Å². The molecule has 1 unspecified atom stereocenters. The summed E-state index contributed by atoms with van der Waals surface area (Å²) in [6.07, 6.45) is 1.01. The monoisotopic (exact) mass is 144 g/mol. The van der Waals surface area contributed by atoms with Crippen LogP contribution in [-0.4, -0.2) is 17.5 Å². The van der Waals surface area contributed by atoms with Crippen LogP contribution < -0.4 is 5.73 Å². The van der Waals surface area contributed by atoms with Gasteiger partial charge < -0.3 is 5.73 Å². The molecule has 9 heavy (non-hydrogen) atoms. The molecule has 52 valence electrons. The van der Waals surface area contributed by atoms with E-state index >= 15 is 0 Å². The van der Waals surface area contributed by atoms with Crippen LogP contribution in [0.2, 0.25) is 0 Å². The van der Waals surface area contributed by atoms with Crippen molar-refractivity contribution in [1.82, 2.24) is 0 Å². The Labute approximate surface area is 60.4 Å². The minimum Gasteiger partial charge on any atom is -0.330 e. The van der Waals surface area contributed by atoms with Crippen LogP contribution in [0.1, 0.15) is 13.3 Å². The molecule has 0 aromatic heterocycles. The molecule has 0 bridgehead atoms. The second kappa shape index (κ2) is 5.93. The van der Waals surface area contributed by atoms with E-state index in [1.807, 2.05) is 6.92 Å². The summed E-state index contributed by atoms with van der Waals surface area (Å²) in [5.41, 5.74) is 5.26. The minimum atomic E-state index is 0.122. The average molecular weight is 144 g/mol. The first-order valence-electron chi connectivity index (χ1n) is 3.02. The summed E-state index contributed by atoms with van der Waals surface area (Å²) in [5.74, 6) is 1.01. The molecule has 0 fully saturated rings. The Morgan fingerprint density at radius 1 is 1.78 bits per heavy atom. The van der Waals surface area contributed by atoms with Crippen molar-refractivity contribution in [3.05, 3.63) is 0 Å². The van der Waals surface area contributed by atoms with E-state index in [-0.39, 0.29) is 5.25 Å². The van der Waals surface area contributed by atoms with Gasteiger partial charge in [0.05, 0.1) is 11.3 Å². The molecule has 0 aliphatic rings. The van der Waals surface area contributed by atoms with Gasteiger partial charge in [0.2, 0.25) is 0 Å². The lowest BCUT2D eigenvalue weighted by Crippen LogP contribution is -2.01. The van der Waals surface area contributed by atoms with Crippen molar-refractivity contribution >= 4 is 11.8 Å². The maximum absolute atomic E-state index is 8.33. The standard InChI is InChI=1S/C6H12N2S/c1-6(5-8)9-4-2-3-7/h6H,2-4,7H2,1H3. The summed E-state index contributed by atoms with van der Waals surface area (Å²) < 4.78 is 0. The third kappa shape index (κ3) is 5.67. The molecule has 2 nitrogen and oxygen atoms in total. The predicted molar refractivity (Wildman–Crippen MR) is 41.2 cm³/mol. The van der Waals surface area contributed by atoms with Crippen molar-refractivity contribution in [2.75, 3.05) is 12.3 Å². The smallest absolute Gasteiger partial charge is 0.0888 e. The number of rotatable bonds is 4. The highest BCUT2D eigenvalue weighted by molar-refractivity contribution is 8.00. The molecular formula is C6H12N2S. The zero-order chi connectivity index (χ0) is 7.11. The maximum Gasteiger partial charge on any atom is 0.0888 e. The third-order valence-corrected chi connectivity index (χ3v) is 2.03. The third-order valence-electron chi connectivity index (χ3n) is 0.898. The van der Waals surface area contributed by atoms with E-state index < -0.39 is 0 Å². The first-order chi connectivity index (χ1) is 4.31. The lowest BCUT2D eigenvalue weighted by atomic mass is 10.5. The zero-order valence-electron chi connectivity index (χ0n) is 5.63. The minimum absolute atomic E-state index is 0.122. The SMILES string of the molecule is CC(C#N)SCCCN. The molecule has 0 radical (unpaired) electrons. The van der Waals surface area contributed by atoms with E-state index in [0.717, 1.165) is 18.7 Å². The van der Waals surface area contributed by atoms with Gasteiger partial charge in [-0.3, -0.25) is 0 Å². The summed E-state index contributed by atoms with van der Waals surface area (Å²) in [7, 11) is 0. The summed E-state index contributed by atoms with van der Waals surface area (Å²) in [6, 6.07) is 2.15. The summed E-state index contributed by atoms with van der Waals surface area (Å²) in [6.45, 7) is 2.63. The van der Waals surface area contributed by atoms with Gasteiger partial charge >= 0.3 is 0 Å². The van der Waals surface area contributed by atoms with Crippen LogP contribution in [0.5, 0.6) is 0 Å². The summed E-state index contributed by atoms with van der Waals surface area (Å²) in [4.78, 5) is 0. The van der Waals surface area contributed by atoms with Gasteiger partial charge in [-0.25, -0.2) is 0 Å². The second-order valence-corrected chi connectivity index (χ2v) is 3.23. The normalized spacial score (nSPS) is 12.6. The van der Waals surface area contributed by atoms with E-state index in [2.05, 4.69) is 6.07 Å². The molecule has 2 N–H and O–H groups in total. The van der Waals surface area contributed by atoms with Crippen LogP contribution in [-0.2, 0) is 0 Å². The Morgan fingerprint density at radius 2 is 2.44 bits per heavy atom. The number of nitrogens with zero attached hydrogens (tertiary/aromatic N) is 1. The van der Waals surface area contributed by atoms with Gasteiger partial charge in [0.15, 0.2) is 0 Å². The Kier molecular flexibility index (Phi) is 5.80. The fourth-order valence-corrected chi connectivity index (χ4v) is 1.14. The zero-order valence-corrected chi connectivity index (χ0v) is 6.45. The van der Waals surface area contributed by atoms with Crippen LogP contribution >= 0.6 is 11.8 Å². The molecule has 0 aliphatic heterocycles. The molecule has 3 heteroatoms. The van der Waals surface area contributed by atoms with E-state index in [9.17, 15) is 0 Å². The van der Waals surface area contributed by atoms with Crippen LogP contribution in [0.3, 0.4) is 0 Å². The first-order valence-corrected chi connectivity index (χ1v) is 4.07. The van der Waals surface area contributed by atoms with Crippen LogP contribution in [0.4, 0.5) is 0 Å². The number of nitriles is 1. The average Bonchev–Trinajstić information content (AvgIpc) is 1.89. The van der Waals surface area contributed by atoms with Crippen molar-refractivity contribution in [2.45, 2.75) is 18.6 Å². The van der Waals surface area contributed by atoms with Gasteiger partial charge in [-0.2, -0.15) is 5.26 Å². The second-order valence-electron chi connectivity index (χ2n) is 1.78. The van der Waals surface area contributed by atoms with Crippen molar-refractivity contribution in [2.24, 2.45) is 5.73 Å². The molecule has 0 saturated heterocycles. The van der Waals surface area contributed by atoms with E-state index in [1.54, 1.807) is 11.8 Å². The molecule has 0 aromatic rings. The van der Waals surface area contributed by atoms with Crippen LogP contribution in [0, 0.1) is 11.3 Å². The molecule has 0 rings (SSSR count). The highest BCUT2D eigenvalue weighted by Crippen LogP contribution is 2.08. The van der Waals surface area contributed by atoms with E-state index in [0.29, 0.717) is 0 Å². The molecule has 0 saturated carbocycles. The summed E-state index contributed by atoms with van der Waals surface area (Å²) >= 11 is 1.66.